The second kappa shape index (κ2) is 7.70. The van der Waals surface area contributed by atoms with Gasteiger partial charge in [-0.3, -0.25) is 4.98 Å². The molecule has 1 atom stereocenters. The second-order valence-corrected chi connectivity index (χ2v) is 9.53. The number of hydrogen-bond donors (Lipinski definition) is 0. The molecular weight excluding hydrogens is 358 g/mol. The number of benzene rings is 1. The van der Waals surface area contributed by atoms with Gasteiger partial charge >= 0.3 is 0 Å². The van der Waals surface area contributed by atoms with Gasteiger partial charge in [-0.15, -0.1) is 0 Å². The van der Waals surface area contributed by atoms with E-state index in [2.05, 4.69) is 24.3 Å². The smallest absolute Gasteiger partial charge is 0.258 e. The largest absolute Gasteiger partial charge is 0.281 e. The molecule has 144 valence electrons. The van der Waals surface area contributed by atoms with Crippen molar-refractivity contribution in [2.24, 2.45) is 0 Å². The maximum atomic E-state index is 13.0. The van der Waals surface area contributed by atoms with Crippen LogP contribution >= 0.6 is 0 Å². The third-order valence-electron chi connectivity index (χ3n) is 5.60. The lowest BCUT2D eigenvalue weighted by Gasteiger charge is -2.34. The normalized spacial score (nSPS) is 22.2. The summed E-state index contributed by atoms with van der Waals surface area (Å²) in [5, 5.41) is 0. The molecule has 3 heterocycles. The molecule has 2 aliphatic rings. The fourth-order valence-electron chi connectivity index (χ4n) is 4.18. The first-order chi connectivity index (χ1) is 13.0. The Morgan fingerprint density at radius 1 is 0.926 bits per heavy atom. The minimum Gasteiger partial charge on any atom is -0.258 e. The lowest BCUT2D eigenvalue weighted by molar-refractivity contribution is 0.290. The van der Waals surface area contributed by atoms with E-state index in [1.807, 2.05) is 25.1 Å². The Balaban J connectivity index is 1.59. The van der Waals surface area contributed by atoms with Crippen LogP contribution in [0.5, 0.6) is 0 Å². The summed E-state index contributed by atoms with van der Waals surface area (Å²) in [6.45, 7) is 4.47. The van der Waals surface area contributed by atoms with Crippen LogP contribution in [0.25, 0.3) is 11.1 Å². The molecule has 0 spiro atoms. The van der Waals surface area contributed by atoms with E-state index in [-0.39, 0.29) is 5.92 Å². The monoisotopic (exact) mass is 385 g/mol. The molecule has 2 fully saturated rings. The van der Waals surface area contributed by atoms with Gasteiger partial charge in [0.2, 0.25) is 0 Å². The Hall–Kier alpha value is -1.76. The fraction of sp³-hybridized carbons (Fsp3) is 0.476. The highest BCUT2D eigenvalue weighted by atomic mass is 32.2. The van der Waals surface area contributed by atoms with Crippen LogP contribution in [-0.4, -0.2) is 48.2 Å². The molecule has 0 aliphatic carbocycles. The molecule has 27 heavy (non-hydrogen) atoms. The maximum absolute atomic E-state index is 13.0. The number of aromatic nitrogens is 1. The SMILES string of the molecule is Cc1cc(-c2ccccc2)cc(C2CCCN(S(=O)(=O)N3CCCC3)C2)n1. The Kier molecular flexibility index (Phi) is 5.30. The van der Waals surface area contributed by atoms with Crippen LogP contribution in [0, 0.1) is 6.92 Å². The van der Waals surface area contributed by atoms with Gasteiger partial charge in [0, 0.05) is 43.5 Å². The molecule has 0 amide bonds. The average Bonchev–Trinajstić information content (AvgIpc) is 3.24. The number of aryl methyl sites for hydroxylation is 1. The minimum atomic E-state index is -3.34. The Labute approximate surface area is 162 Å². The highest BCUT2D eigenvalue weighted by Crippen LogP contribution is 2.31. The van der Waals surface area contributed by atoms with Crippen molar-refractivity contribution in [1.29, 1.82) is 0 Å². The van der Waals surface area contributed by atoms with E-state index < -0.39 is 10.2 Å². The van der Waals surface area contributed by atoms with E-state index in [1.54, 1.807) is 8.61 Å². The van der Waals surface area contributed by atoms with Crippen molar-refractivity contribution in [3.05, 3.63) is 53.9 Å². The summed E-state index contributed by atoms with van der Waals surface area (Å²) < 4.78 is 29.2. The summed E-state index contributed by atoms with van der Waals surface area (Å²) in [6, 6.07) is 14.5. The molecule has 1 aromatic heterocycles. The second-order valence-electron chi connectivity index (χ2n) is 7.60. The van der Waals surface area contributed by atoms with Crippen molar-refractivity contribution in [3.8, 4) is 11.1 Å². The van der Waals surface area contributed by atoms with Crippen molar-refractivity contribution in [2.75, 3.05) is 26.2 Å². The zero-order valence-electron chi connectivity index (χ0n) is 15.8. The molecule has 0 N–H and O–H groups in total. The zero-order valence-corrected chi connectivity index (χ0v) is 16.7. The van der Waals surface area contributed by atoms with E-state index in [0.29, 0.717) is 26.2 Å². The topological polar surface area (TPSA) is 53.5 Å². The first-order valence-corrected chi connectivity index (χ1v) is 11.2. The van der Waals surface area contributed by atoms with Crippen LogP contribution in [0.1, 0.15) is 43.0 Å². The highest BCUT2D eigenvalue weighted by Gasteiger charge is 2.35. The van der Waals surface area contributed by atoms with Crippen LogP contribution in [-0.2, 0) is 10.2 Å². The minimum absolute atomic E-state index is 0.151. The Morgan fingerprint density at radius 3 is 2.37 bits per heavy atom. The van der Waals surface area contributed by atoms with Crippen LogP contribution in [0.3, 0.4) is 0 Å². The van der Waals surface area contributed by atoms with Gasteiger partial charge in [-0.05, 0) is 55.9 Å². The Bertz CT molecular complexity index is 893. The van der Waals surface area contributed by atoms with Crippen LogP contribution < -0.4 is 0 Å². The molecule has 2 aliphatic heterocycles. The molecule has 2 aromatic rings. The van der Waals surface area contributed by atoms with Crippen LogP contribution in [0.4, 0.5) is 0 Å². The third-order valence-corrected chi connectivity index (χ3v) is 7.60. The zero-order chi connectivity index (χ0) is 18.9. The van der Waals surface area contributed by atoms with E-state index in [0.717, 1.165) is 42.6 Å². The lowest BCUT2D eigenvalue weighted by atomic mass is 9.93. The molecule has 1 aromatic carbocycles. The summed E-state index contributed by atoms with van der Waals surface area (Å²) in [4.78, 5) is 4.76. The number of hydrogen-bond acceptors (Lipinski definition) is 3. The quantitative estimate of drug-likeness (QED) is 0.808. The van der Waals surface area contributed by atoms with Gasteiger partial charge in [-0.2, -0.15) is 17.0 Å². The number of piperidine rings is 1. The standard InChI is InChI=1S/C21H27N3O2S/c1-17-14-20(18-8-3-2-4-9-18)15-21(22-17)19-10-7-13-24(16-19)27(25,26)23-11-5-6-12-23/h2-4,8-9,14-15,19H,5-7,10-13,16H2,1H3. The van der Waals surface area contributed by atoms with Gasteiger partial charge < -0.3 is 0 Å². The number of pyridine rings is 1. The molecule has 4 rings (SSSR count). The molecule has 2 saturated heterocycles. The molecule has 6 heteroatoms. The average molecular weight is 386 g/mol. The lowest BCUT2D eigenvalue weighted by Crippen LogP contribution is -2.46. The summed E-state index contributed by atoms with van der Waals surface area (Å²) in [7, 11) is -3.34. The molecular formula is C21H27N3O2S. The van der Waals surface area contributed by atoms with Crippen molar-refractivity contribution < 1.29 is 8.42 Å². The molecule has 0 saturated carbocycles. The van der Waals surface area contributed by atoms with Gasteiger partial charge in [0.05, 0.1) is 0 Å². The summed E-state index contributed by atoms with van der Waals surface area (Å²) in [6.07, 6.45) is 3.80. The van der Waals surface area contributed by atoms with Crippen molar-refractivity contribution in [3.63, 3.8) is 0 Å². The van der Waals surface area contributed by atoms with Gasteiger partial charge in [0.25, 0.3) is 10.2 Å². The Morgan fingerprint density at radius 2 is 1.63 bits per heavy atom. The summed E-state index contributed by atoms with van der Waals surface area (Å²) in [5.74, 6) is 0.151. The van der Waals surface area contributed by atoms with Crippen LogP contribution in [0.2, 0.25) is 0 Å². The fourth-order valence-corrected chi connectivity index (χ4v) is 5.95. The van der Waals surface area contributed by atoms with Gasteiger partial charge in [-0.25, -0.2) is 0 Å². The summed E-state index contributed by atoms with van der Waals surface area (Å²) in [5.41, 5.74) is 4.31. The first kappa shape index (κ1) is 18.6. The maximum Gasteiger partial charge on any atom is 0.281 e. The third kappa shape index (κ3) is 3.93. The van der Waals surface area contributed by atoms with Crippen molar-refractivity contribution >= 4 is 10.2 Å². The van der Waals surface area contributed by atoms with E-state index >= 15 is 0 Å². The molecule has 0 bridgehead atoms. The molecule has 0 radical (unpaired) electrons. The first-order valence-electron chi connectivity index (χ1n) is 9.83. The highest BCUT2D eigenvalue weighted by molar-refractivity contribution is 7.86. The molecule has 1 unspecified atom stereocenters. The van der Waals surface area contributed by atoms with E-state index in [1.165, 1.54) is 5.56 Å². The van der Waals surface area contributed by atoms with Crippen molar-refractivity contribution in [2.45, 2.75) is 38.5 Å². The number of rotatable bonds is 4. The predicted molar refractivity (Wildman–Crippen MR) is 108 cm³/mol. The van der Waals surface area contributed by atoms with Gasteiger partial charge in [0.15, 0.2) is 0 Å². The van der Waals surface area contributed by atoms with Gasteiger partial charge in [0.1, 0.15) is 0 Å². The van der Waals surface area contributed by atoms with E-state index in [9.17, 15) is 8.42 Å². The van der Waals surface area contributed by atoms with Crippen molar-refractivity contribution in [1.82, 2.24) is 13.6 Å². The summed E-state index contributed by atoms with van der Waals surface area (Å²) >= 11 is 0. The predicted octanol–water partition coefficient (Wildman–Crippen LogP) is 3.58. The molecule has 5 nitrogen and oxygen atoms in total. The van der Waals surface area contributed by atoms with Crippen LogP contribution in [0.15, 0.2) is 42.5 Å². The number of nitrogens with zero attached hydrogens (tertiary/aromatic N) is 3. The van der Waals surface area contributed by atoms with Gasteiger partial charge in [-0.1, -0.05) is 30.3 Å². The van der Waals surface area contributed by atoms with E-state index in [4.69, 9.17) is 4.98 Å².